The highest BCUT2D eigenvalue weighted by Gasteiger charge is 2.38. The highest BCUT2D eigenvalue weighted by molar-refractivity contribution is 5.54. The summed E-state index contributed by atoms with van der Waals surface area (Å²) in [7, 11) is 0. The number of carbonyl (C=O) groups excluding carboxylic acids is 1. The third kappa shape index (κ3) is 9.96. The lowest BCUT2D eigenvalue weighted by molar-refractivity contribution is -0.114. The molecule has 0 aromatic heterocycles. The van der Waals surface area contributed by atoms with Gasteiger partial charge >= 0.3 is 0 Å². The van der Waals surface area contributed by atoms with Crippen molar-refractivity contribution in [3.8, 4) is 0 Å². The number of carbonyl (C=O) groups is 1. The van der Waals surface area contributed by atoms with Crippen molar-refractivity contribution >= 4 is 6.29 Å². The lowest BCUT2D eigenvalue weighted by Gasteiger charge is -2.43. The van der Waals surface area contributed by atoms with Crippen LogP contribution in [0.4, 0.5) is 0 Å². The van der Waals surface area contributed by atoms with Crippen molar-refractivity contribution in [3.63, 3.8) is 0 Å². The maximum Gasteiger partial charge on any atom is 0.123 e. The van der Waals surface area contributed by atoms with Gasteiger partial charge in [-0.05, 0) is 142 Å². The van der Waals surface area contributed by atoms with Gasteiger partial charge in [0.2, 0.25) is 0 Å². The minimum Gasteiger partial charge on any atom is -0.303 e. The molecule has 3 rings (SSSR count). The van der Waals surface area contributed by atoms with E-state index in [1.807, 2.05) is 0 Å². The van der Waals surface area contributed by atoms with E-state index in [1.165, 1.54) is 89.8 Å². The van der Waals surface area contributed by atoms with Crippen molar-refractivity contribution in [1.82, 2.24) is 0 Å². The van der Waals surface area contributed by atoms with Gasteiger partial charge in [-0.25, -0.2) is 0 Å². The summed E-state index contributed by atoms with van der Waals surface area (Å²) >= 11 is 0. The third-order valence-corrected chi connectivity index (χ3v) is 13.2. The molecule has 0 heterocycles. The minimum atomic E-state index is 0.273. The van der Waals surface area contributed by atoms with E-state index in [1.54, 1.807) is 5.57 Å². The highest BCUT2D eigenvalue weighted by atomic mass is 16.1. The Bertz CT molecular complexity index is 806. The Morgan fingerprint density at radius 2 is 1.12 bits per heavy atom. The van der Waals surface area contributed by atoms with Crippen molar-refractivity contribution in [2.45, 2.75) is 159 Å². The summed E-state index contributed by atoms with van der Waals surface area (Å²) in [5.74, 6) is 10.7. The third-order valence-electron chi connectivity index (χ3n) is 13.2. The Balaban J connectivity index is 1.71. The molecule has 3 fully saturated rings. The number of allylic oxidation sites excluding steroid dienone is 2. The molecule has 0 amide bonds. The van der Waals surface area contributed by atoms with Gasteiger partial charge in [-0.15, -0.1) is 0 Å². The van der Waals surface area contributed by atoms with E-state index >= 15 is 0 Å². The smallest absolute Gasteiger partial charge is 0.123 e. The molecule has 0 aromatic rings. The van der Waals surface area contributed by atoms with Gasteiger partial charge in [0.1, 0.15) is 6.29 Å². The van der Waals surface area contributed by atoms with Crippen LogP contribution in [-0.2, 0) is 4.79 Å². The van der Waals surface area contributed by atoms with Crippen LogP contribution in [0.5, 0.6) is 0 Å². The monoisotopic (exact) mass is 583 g/mol. The summed E-state index contributed by atoms with van der Waals surface area (Å²) < 4.78 is 0. The van der Waals surface area contributed by atoms with E-state index in [4.69, 9.17) is 0 Å². The molecule has 244 valence electrons. The Labute approximate surface area is 264 Å². The molecule has 3 aliphatic carbocycles. The zero-order valence-electron chi connectivity index (χ0n) is 30.0. The van der Waals surface area contributed by atoms with Crippen LogP contribution in [0, 0.1) is 82.9 Å². The van der Waals surface area contributed by atoms with Crippen molar-refractivity contribution in [2.75, 3.05) is 0 Å². The molecule has 11 atom stereocenters. The summed E-state index contributed by atoms with van der Waals surface area (Å²) in [5.41, 5.74) is 1.70. The molecule has 11 unspecified atom stereocenters. The van der Waals surface area contributed by atoms with Crippen molar-refractivity contribution in [1.29, 1.82) is 0 Å². The van der Waals surface area contributed by atoms with Crippen LogP contribution in [0.15, 0.2) is 11.6 Å². The Hall–Kier alpha value is -0.590. The number of hydrogen-bond donors (Lipinski definition) is 0. The second kappa shape index (κ2) is 17.2. The number of hydrogen-bond acceptors (Lipinski definition) is 1. The molecular weight excluding hydrogens is 508 g/mol. The molecule has 0 radical (unpaired) electrons. The fourth-order valence-electron chi connectivity index (χ4n) is 10.6. The molecule has 0 N–H and O–H groups in total. The Morgan fingerprint density at radius 1 is 0.619 bits per heavy atom. The van der Waals surface area contributed by atoms with Gasteiger partial charge in [-0.3, -0.25) is 0 Å². The molecule has 0 aliphatic heterocycles. The second-order valence-corrected chi connectivity index (χ2v) is 17.4. The molecule has 0 saturated heterocycles. The van der Waals surface area contributed by atoms with E-state index in [0.29, 0.717) is 11.8 Å². The highest BCUT2D eigenvalue weighted by Crippen LogP contribution is 2.47. The lowest BCUT2D eigenvalue weighted by atomic mass is 9.63. The van der Waals surface area contributed by atoms with Gasteiger partial charge < -0.3 is 4.79 Å². The fourth-order valence-corrected chi connectivity index (χ4v) is 10.6. The van der Waals surface area contributed by atoms with Gasteiger partial charge in [-0.1, -0.05) is 106 Å². The standard InChI is InChI=1S/C41H74O/c1-27(2)36-20-17-30(7)23-39(36)33(10)13-11-14-34(40-24-31(8)18-21-37(40)28(3)4)15-12-16-35(26-42)41-25-32(9)19-22-38(41)29(5)6/h13,26-32,34-41H,11-12,14-25H2,1-10H3. The molecule has 42 heavy (non-hydrogen) atoms. The minimum absolute atomic E-state index is 0.273. The first-order chi connectivity index (χ1) is 19.9. The van der Waals surface area contributed by atoms with Crippen molar-refractivity contribution in [3.05, 3.63) is 11.6 Å². The lowest BCUT2D eigenvalue weighted by Crippen LogP contribution is -2.34. The van der Waals surface area contributed by atoms with E-state index in [-0.39, 0.29) is 5.92 Å². The zero-order valence-corrected chi connectivity index (χ0v) is 30.0. The van der Waals surface area contributed by atoms with Crippen LogP contribution in [0.1, 0.15) is 159 Å². The average molecular weight is 583 g/mol. The molecule has 0 bridgehead atoms. The zero-order chi connectivity index (χ0) is 31.0. The van der Waals surface area contributed by atoms with Gasteiger partial charge in [0.15, 0.2) is 0 Å². The van der Waals surface area contributed by atoms with Crippen LogP contribution < -0.4 is 0 Å². The summed E-state index contributed by atoms with van der Waals surface area (Å²) in [6.07, 6.45) is 22.9. The average Bonchev–Trinajstić information content (AvgIpc) is 2.93. The number of rotatable bonds is 14. The topological polar surface area (TPSA) is 17.1 Å². The maximum absolute atomic E-state index is 12.5. The quantitative estimate of drug-likeness (QED) is 0.147. The van der Waals surface area contributed by atoms with E-state index < -0.39 is 0 Å². The van der Waals surface area contributed by atoms with Crippen LogP contribution in [-0.4, -0.2) is 6.29 Å². The Morgan fingerprint density at radius 3 is 1.67 bits per heavy atom. The fraction of sp³-hybridized carbons (Fsp3) is 0.927. The summed E-state index contributed by atoms with van der Waals surface area (Å²) in [6.45, 7) is 24.6. The summed E-state index contributed by atoms with van der Waals surface area (Å²) in [4.78, 5) is 12.5. The molecule has 3 aliphatic rings. The summed E-state index contributed by atoms with van der Waals surface area (Å²) in [5, 5.41) is 0. The van der Waals surface area contributed by atoms with Crippen molar-refractivity contribution in [2.24, 2.45) is 82.9 Å². The molecule has 3 saturated carbocycles. The first-order valence-corrected chi connectivity index (χ1v) is 19.0. The first kappa shape index (κ1) is 35.9. The molecule has 0 aromatic carbocycles. The van der Waals surface area contributed by atoms with Gasteiger partial charge in [0.25, 0.3) is 0 Å². The van der Waals surface area contributed by atoms with Gasteiger partial charge in [0, 0.05) is 5.92 Å². The van der Waals surface area contributed by atoms with Crippen LogP contribution in [0.2, 0.25) is 0 Å². The Kier molecular flexibility index (Phi) is 14.7. The number of aldehydes is 1. The largest absolute Gasteiger partial charge is 0.303 e. The molecular formula is C41H74O. The maximum atomic E-state index is 12.5. The predicted octanol–water partition coefficient (Wildman–Crippen LogP) is 12.4. The van der Waals surface area contributed by atoms with Crippen LogP contribution >= 0.6 is 0 Å². The molecule has 0 spiro atoms. The molecule has 1 nitrogen and oxygen atoms in total. The van der Waals surface area contributed by atoms with E-state index in [0.717, 1.165) is 71.5 Å². The summed E-state index contributed by atoms with van der Waals surface area (Å²) in [6, 6.07) is 0. The van der Waals surface area contributed by atoms with E-state index in [2.05, 4.69) is 75.3 Å². The van der Waals surface area contributed by atoms with Gasteiger partial charge in [-0.2, -0.15) is 0 Å². The second-order valence-electron chi connectivity index (χ2n) is 17.4. The SMILES string of the molecule is CC(=CCCC(CCCC(C=O)C1CC(C)CCC1C(C)C)C1CC(C)CCC1C(C)C)C1CC(C)CCC1C(C)C. The van der Waals surface area contributed by atoms with Crippen molar-refractivity contribution < 1.29 is 4.79 Å². The molecule has 1 heteroatoms. The predicted molar refractivity (Wildman–Crippen MR) is 184 cm³/mol. The normalized spacial score (nSPS) is 36.4. The van der Waals surface area contributed by atoms with E-state index in [9.17, 15) is 4.79 Å². The van der Waals surface area contributed by atoms with Gasteiger partial charge in [0.05, 0.1) is 0 Å². The van der Waals surface area contributed by atoms with Crippen LogP contribution in [0.25, 0.3) is 0 Å². The van der Waals surface area contributed by atoms with Crippen LogP contribution in [0.3, 0.4) is 0 Å². The first-order valence-electron chi connectivity index (χ1n) is 19.0.